The van der Waals surface area contributed by atoms with E-state index in [1.54, 1.807) is 0 Å². The minimum atomic E-state index is -0.0790. The molecule has 0 aliphatic carbocycles. The summed E-state index contributed by atoms with van der Waals surface area (Å²) in [4.78, 5) is 16.8. The van der Waals surface area contributed by atoms with Gasteiger partial charge in [0, 0.05) is 17.5 Å². The molecular formula is C21H18Cl2N2O3S. The molecule has 0 saturated carbocycles. The van der Waals surface area contributed by atoms with Crippen molar-refractivity contribution in [2.24, 2.45) is 0 Å². The normalized spacial score (nSPS) is 12.6. The fourth-order valence-corrected chi connectivity index (χ4v) is 4.46. The molecule has 150 valence electrons. The van der Waals surface area contributed by atoms with Crippen molar-refractivity contribution >= 4 is 40.4 Å². The Labute approximate surface area is 182 Å². The van der Waals surface area contributed by atoms with E-state index in [4.69, 9.17) is 32.7 Å². The number of hydrogen-bond donors (Lipinski definition) is 1. The highest BCUT2D eigenvalue weighted by Gasteiger charge is 2.17. The topological polar surface area (TPSA) is 60.5 Å². The predicted molar refractivity (Wildman–Crippen MR) is 115 cm³/mol. The number of halogens is 2. The average Bonchev–Trinajstić information content (AvgIpc) is 3.16. The molecule has 0 radical (unpaired) electrons. The van der Waals surface area contributed by atoms with Gasteiger partial charge in [-0.2, -0.15) is 0 Å². The Morgan fingerprint density at radius 3 is 2.83 bits per heavy atom. The zero-order chi connectivity index (χ0) is 20.2. The predicted octanol–water partition coefficient (Wildman–Crippen LogP) is 4.79. The lowest BCUT2D eigenvalue weighted by Gasteiger charge is -2.20. The van der Waals surface area contributed by atoms with Crippen molar-refractivity contribution in [1.29, 1.82) is 0 Å². The molecule has 1 aliphatic rings. The third-order valence-electron chi connectivity index (χ3n) is 4.39. The molecule has 0 fully saturated rings. The van der Waals surface area contributed by atoms with E-state index in [0.29, 0.717) is 47.7 Å². The van der Waals surface area contributed by atoms with Crippen LogP contribution < -0.4 is 14.8 Å². The van der Waals surface area contributed by atoms with Gasteiger partial charge in [0.25, 0.3) is 0 Å². The molecule has 1 N–H and O–H groups in total. The van der Waals surface area contributed by atoms with E-state index < -0.39 is 0 Å². The first kappa shape index (κ1) is 20.0. The van der Waals surface area contributed by atoms with Gasteiger partial charge >= 0.3 is 0 Å². The van der Waals surface area contributed by atoms with Crippen LogP contribution in [0.2, 0.25) is 10.0 Å². The second-order valence-electron chi connectivity index (χ2n) is 6.50. The second kappa shape index (κ2) is 9.03. The summed E-state index contributed by atoms with van der Waals surface area (Å²) in [6.07, 6.45) is 0.868. The molecule has 2 heterocycles. The summed E-state index contributed by atoms with van der Waals surface area (Å²) >= 11 is 13.9. The van der Waals surface area contributed by atoms with E-state index in [1.807, 2.05) is 41.8 Å². The lowest BCUT2D eigenvalue weighted by Crippen LogP contribution is -2.27. The number of nitrogens with one attached hydrogen (secondary N) is 1. The lowest BCUT2D eigenvalue weighted by atomic mass is 10.1. The van der Waals surface area contributed by atoms with E-state index in [0.717, 1.165) is 21.8 Å². The number of hydrogen-bond acceptors (Lipinski definition) is 5. The summed E-state index contributed by atoms with van der Waals surface area (Å²) in [6, 6.07) is 11.3. The fourth-order valence-electron chi connectivity index (χ4n) is 3.03. The van der Waals surface area contributed by atoms with Crippen LogP contribution in [-0.2, 0) is 17.6 Å². The van der Waals surface area contributed by atoms with E-state index in [1.165, 1.54) is 11.3 Å². The molecule has 0 spiro atoms. The van der Waals surface area contributed by atoms with Crippen LogP contribution in [-0.4, -0.2) is 30.6 Å². The van der Waals surface area contributed by atoms with E-state index >= 15 is 0 Å². The number of fused-ring (bicyclic) bond motifs is 1. The van der Waals surface area contributed by atoms with Crippen molar-refractivity contribution in [2.45, 2.75) is 12.8 Å². The van der Waals surface area contributed by atoms with Gasteiger partial charge in [0.15, 0.2) is 11.5 Å². The molecule has 1 amide bonds. The van der Waals surface area contributed by atoms with Gasteiger partial charge in [0.05, 0.1) is 22.2 Å². The third kappa shape index (κ3) is 4.83. The minimum absolute atomic E-state index is 0.0790. The van der Waals surface area contributed by atoms with Gasteiger partial charge in [-0.25, -0.2) is 4.98 Å². The maximum atomic E-state index is 12.3. The molecule has 1 aromatic heterocycles. The lowest BCUT2D eigenvalue weighted by molar-refractivity contribution is -0.120. The molecule has 0 bridgehead atoms. The molecule has 0 atom stereocenters. The zero-order valence-corrected chi connectivity index (χ0v) is 17.7. The number of thiazole rings is 1. The third-order valence-corrected chi connectivity index (χ3v) is 5.92. The first-order chi connectivity index (χ1) is 14.1. The van der Waals surface area contributed by atoms with Crippen LogP contribution in [0.1, 0.15) is 11.3 Å². The number of ether oxygens (including phenoxy) is 2. The molecular weight excluding hydrogens is 431 g/mol. The van der Waals surface area contributed by atoms with Gasteiger partial charge < -0.3 is 14.8 Å². The quantitative estimate of drug-likeness (QED) is 0.588. The van der Waals surface area contributed by atoms with Crippen molar-refractivity contribution in [3.05, 3.63) is 63.1 Å². The summed E-state index contributed by atoms with van der Waals surface area (Å²) in [5.41, 5.74) is 2.58. The Morgan fingerprint density at radius 2 is 1.97 bits per heavy atom. The van der Waals surface area contributed by atoms with Crippen LogP contribution >= 0.6 is 34.5 Å². The van der Waals surface area contributed by atoms with Gasteiger partial charge in [-0.1, -0.05) is 41.4 Å². The molecule has 0 unspecified atom stereocenters. The van der Waals surface area contributed by atoms with Gasteiger partial charge in [0.2, 0.25) is 5.91 Å². The summed E-state index contributed by atoms with van der Waals surface area (Å²) in [5.74, 6) is 1.16. The molecule has 1 aliphatic heterocycles. The maximum absolute atomic E-state index is 12.3. The first-order valence-corrected chi connectivity index (χ1v) is 10.8. The minimum Gasteiger partial charge on any atom is -0.486 e. The molecule has 2 aromatic carbocycles. The summed E-state index contributed by atoms with van der Waals surface area (Å²) in [5, 5.41) is 6.80. The largest absolute Gasteiger partial charge is 0.486 e. The van der Waals surface area contributed by atoms with E-state index in [-0.39, 0.29) is 12.3 Å². The molecule has 0 saturated heterocycles. The van der Waals surface area contributed by atoms with Gasteiger partial charge in [-0.15, -0.1) is 11.3 Å². The highest BCUT2D eigenvalue weighted by atomic mass is 35.5. The van der Waals surface area contributed by atoms with Gasteiger partial charge in [0.1, 0.15) is 18.2 Å². The smallest absolute Gasteiger partial charge is 0.226 e. The summed E-state index contributed by atoms with van der Waals surface area (Å²) in [6.45, 7) is 1.50. The molecule has 29 heavy (non-hydrogen) atoms. The molecule has 5 nitrogen and oxygen atoms in total. The van der Waals surface area contributed by atoms with Crippen LogP contribution in [0, 0.1) is 0 Å². The summed E-state index contributed by atoms with van der Waals surface area (Å²) < 4.78 is 11.1. The number of rotatable bonds is 6. The van der Waals surface area contributed by atoms with Crippen molar-refractivity contribution < 1.29 is 14.3 Å². The fraction of sp³-hybridized carbons (Fsp3) is 0.238. The number of carbonyl (C=O) groups is 1. The summed E-state index contributed by atoms with van der Waals surface area (Å²) in [7, 11) is 0. The monoisotopic (exact) mass is 448 g/mol. The van der Waals surface area contributed by atoms with Gasteiger partial charge in [-0.3, -0.25) is 4.79 Å². The number of benzene rings is 2. The first-order valence-electron chi connectivity index (χ1n) is 9.14. The highest BCUT2D eigenvalue weighted by molar-refractivity contribution is 7.13. The van der Waals surface area contributed by atoms with Crippen molar-refractivity contribution in [1.82, 2.24) is 10.3 Å². The Bertz CT molecular complexity index is 1040. The highest BCUT2D eigenvalue weighted by Crippen LogP contribution is 2.38. The molecule has 4 rings (SSSR count). The number of amides is 1. The van der Waals surface area contributed by atoms with Crippen LogP contribution in [0.5, 0.6) is 11.5 Å². The van der Waals surface area contributed by atoms with Crippen LogP contribution in [0.4, 0.5) is 0 Å². The van der Waals surface area contributed by atoms with Gasteiger partial charge in [-0.05, 0) is 30.2 Å². The van der Waals surface area contributed by atoms with Crippen LogP contribution in [0.3, 0.4) is 0 Å². The number of aromatic nitrogens is 1. The number of nitrogens with zero attached hydrogens (tertiary/aromatic N) is 1. The van der Waals surface area contributed by atoms with Crippen molar-refractivity contribution in [2.75, 3.05) is 19.8 Å². The van der Waals surface area contributed by atoms with Crippen LogP contribution in [0.25, 0.3) is 10.6 Å². The Hall–Kier alpha value is -2.28. The van der Waals surface area contributed by atoms with E-state index in [2.05, 4.69) is 10.3 Å². The SMILES string of the molecule is O=C(Cc1csc(-c2ccccc2Cl)n1)NCCc1cc(Cl)c2c(c1)OCCO2. The average molecular weight is 449 g/mol. The Balaban J connectivity index is 1.31. The molecule has 8 heteroatoms. The van der Waals surface area contributed by atoms with Crippen LogP contribution in [0.15, 0.2) is 41.8 Å². The second-order valence-corrected chi connectivity index (χ2v) is 8.17. The Morgan fingerprint density at radius 1 is 1.14 bits per heavy atom. The number of carbonyl (C=O) groups excluding carboxylic acids is 1. The molecule has 3 aromatic rings. The van der Waals surface area contributed by atoms with Crippen molar-refractivity contribution in [3.8, 4) is 22.1 Å². The Kier molecular flexibility index (Phi) is 6.23. The van der Waals surface area contributed by atoms with E-state index in [9.17, 15) is 4.79 Å². The van der Waals surface area contributed by atoms with Crippen molar-refractivity contribution in [3.63, 3.8) is 0 Å². The maximum Gasteiger partial charge on any atom is 0.226 e. The zero-order valence-electron chi connectivity index (χ0n) is 15.4. The standard InChI is InChI=1S/C21H18Cl2N2O3S/c22-16-4-2-1-3-15(16)21-25-14(12-29-21)11-19(26)24-6-5-13-9-17(23)20-18(10-13)27-7-8-28-20/h1-4,9-10,12H,5-8,11H2,(H,24,26).